The van der Waals surface area contributed by atoms with Crippen molar-refractivity contribution < 1.29 is 14.9 Å². The van der Waals surface area contributed by atoms with Crippen molar-refractivity contribution in [3.8, 4) is 17.2 Å². The van der Waals surface area contributed by atoms with E-state index in [2.05, 4.69) is 10.2 Å². The first kappa shape index (κ1) is 13.9. The van der Waals surface area contributed by atoms with Crippen LogP contribution in [0, 0.1) is 0 Å². The molecule has 0 saturated carbocycles. The van der Waals surface area contributed by atoms with Crippen molar-refractivity contribution in [1.29, 1.82) is 0 Å². The molecule has 0 fully saturated rings. The van der Waals surface area contributed by atoms with Gasteiger partial charge in [0.15, 0.2) is 5.75 Å². The van der Waals surface area contributed by atoms with Crippen molar-refractivity contribution in [1.82, 2.24) is 0 Å². The highest BCUT2D eigenvalue weighted by molar-refractivity contribution is 5.96. The highest BCUT2D eigenvalue weighted by Gasteiger charge is 2.08. The largest absolute Gasteiger partial charge is 0.507 e. The van der Waals surface area contributed by atoms with Crippen LogP contribution in [0.5, 0.6) is 17.2 Å². The van der Waals surface area contributed by atoms with Crippen molar-refractivity contribution in [3.05, 3.63) is 54.6 Å². The Morgan fingerprint density at radius 2 is 1.59 bits per heavy atom. The maximum Gasteiger partial charge on any atom is 0.151 e. The van der Waals surface area contributed by atoms with Gasteiger partial charge in [-0.05, 0) is 42.5 Å². The Morgan fingerprint density at radius 3 is 2.32 bits per heavy atom. The van der Waals surface area contributed by atoms with Gasteiger partial charge in [-0.15, -0.1) is 5.11 Å². The molecular weight excluding hydrogens is 280 g/mol. The van der Waals surface area contributed by atoms with Gasteiger partial charge < -0.3 is 14.9 Å². The number of hydrogen-bond acceptors (Lipinski definition) is 5. The van der Waals surface area contributed by atoms with Crippen LogP contribution in [0.1, 0.15) is 0 Å². The molecule has 0 atom stereocenters. The number of azo groups is 1. The van der Waals surface area contributed by atoms with E-state index in [9.17, 15) is 10.2 Å². The topological polar surface area (TPSA) is 74.4 Å². The number of benzene rings is 3. The van der Waals surface area contributed by atoms with Gasteiger partial charge >= 0.3 is 0 Å². The first-order valence-electron chi connectivity index (χ1n) is 6.68. The average Bonchev–Trinajstić information content (AvgIpc) is 2.55. The molecule has 22 heavy (non-hydrogen) atoms. The Balaban J connectivity index is 1.96. The van der Waals surface area contributed by atoms with E-state index in [0.717, 1.165) is 5.75 Å². The minimum atomic E-state index is -0.00865. The van der Waals surface area contributed by atoms with Gasteiger partial charge in [-0.1, -0.05) is 12.1 Å². The number of aromatic hydroxyl groups is 2. The van der Waals surface area contributed by atoms with Crippen LogP contribution in [0.4, 0.5) is 11.4 Å². The average molecular weight is 294 g/mol. The molecule has 0 unspecified atom stereocenters. The second kappa shape index (κ2) is 5.73. The van der Waals surface area contributed by atoms with Crippen LogP contribution in [0.25, 0.3) is 10.8 Å². The summed E-state index contributed by atoms with van der Waals surface area (Å²) in [5.74, 6) is 0.847. The lowest BCUT2D eigenvalue weighted by atomic mass is 10.1. The summed E-state index contributed by atoms with van der Waals surface area (Å²) in [4.78, 5) is 0. The minimum Gasteiger partial charge on any atom is -0.507 e. The van der Waals surface area contributed by atoms with Gasteiger partial charge in [-0.25, -0.2) is 0 Å². The van der Waals surface area contributed by atoms with Gasteiger partial charge in [-0.3, -0.25) is 0 Å². The molecule has 110 valence electrons. The van der Waals surface area contributed by atoms with Crippen molar-refractivity contribution in [2.75, 3.05) is 7.11 Å². The smallest absolute Gasteiger partial charge is 0.151 e. The third-order valence-corrected chi connectivity index (χ3v) is 3.33. The molecule has 0 heterocycles. The quantitative estimate of drug-likeness (QED) is 0.689. The van der Waals surface area contributed by atoms with Gasteiger partial charge in [0, 0.05) is 10.8 Å². The van der Waals surface area contributed by atoms with E-state index in [1.807, 2.05) is 0 Å². The fourth-order valence-corrected chi connectivity index (χ4v) is 2.16. The summed E-state index contributed by atoms with van der Waals surface area (Å²) in [5.41, 5.74) is 0.991. The molecule has 0 saturated heterocycles. The Hall–Kier alpha value is -3.08. The number of fused-ring (bicyclic) bond motifs is 1. The number of nitrogens with zero attached hydrogens (tertiary/aromatic N) is 2. The minimum absolute atomic E-state index is 0.00865. The lowest BCUT2D eigenvalue weighted by molar-refractivity contribution is 0.415. The highest BCUT2D eigenvalue weighted by Crippen LogP contribution is 2.38. The molecule has 5 nitrogen and oxygen atoms in total. The second-order valence-electron chi connectivity index (χ2n) is 4.70. The lowest BCUT2D eigenvalue weighted by Crippen LogP contribution is -1.79. The first-order chi connectivity index (χ1) is 10.7. The van der Waals surface area contributed by atoms with Crippen LogP contribution >= 0.6 is 0 Å². The van der Waals surface area contributed by atoms with Gasteiger partial charge in [0.2, 0.25) is 0 Å². The summed E-state index contributed by atoms with van der Waals surface area (Å²) in [6.45, 7) is 0. The number of phenolic OH excluding ortho intramolecular Hbond substituents is 2. The zero-order valence-electron chi connectivity index (χ0n) is 11.9. The third kappa shape index (κ3) is 2.56. The van der Waals surface area contributed by atoms with Crippen LogP contribution in [-0.2, 0) is 0 Å². The molecule has 0 aliphatic heterocycles. The molecule has 5 heteroatoms. The molecule has 0 aromatic heterocycles. The monoisotopic (exact) mass is 294 g/mol. The zero-order valence-corrected chi connectivity index (χ0v) is 11.9. The van der Waals surface area contributed by atoms with Crippen LogP contribution < -0.4 is 4.74 Å². The molecular formula is C17H14N2O3. The SMILES string of the molecule is COc1ccc(N=Nc2ccc3c(O)cccc3c2O)cc1. The molecule has 0 radical (unpaired) electrons. The number of phenols is 2. The molecule has 3 aromatic carbocycles. The number of ether oxygens (including phenoxy) is 1. The van der Waals surface area contributed by atoms with Crippen LogP contribution in [0.2, 0.25) is 0 Å². The molecule has 3 aromatic rings. The number of rotatable bonds is 3. The van der Waals surface area contributed by atoms with Crippen LogP contribution in [0.3, 0.4) is 0 Å². The van der Waals surface area contributed by atoms with Crippen LogP contribution in [-0.4, -0.2) is 17.3 Å². The van der Waals surface area contributed by atoms with E-state index in [1.54, 1.807) is 61.7 Å². The fraction of sp³-hybridized carbons (Fsp3) is 0.0588. The zero-order chi connectivity index (χ0) is 15.5. The molecule has 0 aliphatic carbocycles. The lowest BCUT2D eigenvalue weighted by Gasteiger charge is -2.05. The van der Waals surface area contributed by atoms with Gasteiger partial charge in [-0.2, -0.15) is 5.11 Å². The van der Waals surface area contributed by atoms with Gasteiger partial charge in [0.05, 0.1) is 12.8 Å². The standard InChI is InChI=1S/C17H14N2O3/c1-22-12-7-5-11(6-8-12)18-19-15-10-9-13-14(17(15)21)3-2-4-16(13)20/h2-10,20-21H,1H3. The third-order valence-electron chi connectivity index (χ3n) is 3.33. The predicted octanol–water partition coefficient (Wildman–Crippen LogP) is 4.68. The number of hydrogen-bond donors (Lipinski definition) is 2. The van der Waals surface area contributed by atoms with E-state index < -0.39 is 0 Å². The summed E-state index contributed by atoms with van der Waals surface area (Å²) in [6.07, 6.45) is 0. The molecule has 0 aliphatic rings. The fourth-order valence-electron chi connectivity index (χ4n) is 2.16. The second-order valence-corrected chi connectivity index (χ2v) is 4.70. The summed E-state index contributed by atoms with van der Waals surface area (Å²) in [7, 11) is 1.60. The van der Waals surface area contributed by atoms with E-state index >= 15 is 0 Å². The Bertz CT molecular complexity index is 842. The van der Waals surface area contributed by atoms with E-state index in [1.165, 1.54) is 0 Å². The Labute approximate surface area is 127 Å². The molecule has 2 N–H and O–H groups in total. The van der Waals surface area contributed by atoms with E-state index in [-0.39, 0.29) is 11.5 Å². The van der Waals surface area contributed by atoms with Crippen molar-refractivity contribution in [2.45, 2.75) is 0 Å². The van der Waals surface area contributed by atoms with E-state index in [4.69, 9.17) is 4.74 Å². The summed E-state index contributed by atoms with van der Waals surface area (Å²) in [6, 6.07) is 15.4. The number of methoxy groups -OCH3 is 1. The first-order valence-corrected chi connectivity index (χ1v) is 6.68. The summed E-state index contributed by atoms with van der Waals surface area (Å²) in [5, 5.41) is 29.3. The normalized spacial score (nSPS) is 11.1. The van der Waals surface area contributed by atoms with E-state index in [0.29, 0.717) is 22.1 Å². The highest BCUT2D eigenvalue weighted by atomic mass is 16.5. The van der Waals surface area contributed by atoms with Crippen molar-refractivity contribution in [2.24, 2.45) is 10.2 Å². The molecule has 0 amide bonds. The van der Waals surface area contributed by atoms with Gasteiger partial charge in [0.1, 0.15) is 17.2 Å². The molecule has 0 bridgehead atoms. The van der Waals surface area contributed by atoms with Gasteiger partial charge in [0.25, 0.3) is 0 Å². The summed E-state index contributed by atoms with van der Waals surface area (Å²) >= 11 is 0. The summed E-state index contributed by atoms with van der Waals surface area (Å²) < 4.78 is 5.07. The van der Waals surface area contributed by atoms with Crippen molar-refractivity contribution in [3.63, 3.8) is 0 Å². The maximum absolute atomic E-state index is 10.2. The molecule has 0 spiro atoms. The maximum atomic E-state index is 10.2. The molecule has 3 rings (SSSR count). The van der Waals surface area contributed by atoms with Crippen LogP contribution in [0.15, 0.2) is 64.8 Å². The Morgan fingerprint density at radius 1 is 0.818 bits per heavy atom. The van der Waals surface area contributed by atoms with Crippen molar-refractivity contribution >= 4 is 22.1 Å². The Kier molecular flexibility index (Phi) is 3.62. The predicted molar refractivity (Wildman–Crippen MR) is 84.4 cm³/mol.